The lowest BCUT2D eigenvalue weighted by atomic mass is 9.94. The van der Waals surface area contributed by atoms with Crippen LogP contribution in [-0.4, -0.2) is 14.1 Å². The van der Waals surface area contributed by atoms with Crippen LogP contribution in [0.4, 0.5) is 0 Å². The fourth-order valence-electron chi connectivity index (χ4n) is 7.70. The van der Waals surface area contributed by atoms with Crippen molar-refractivity contribution in [3.63, 3.8) is 0 Å². The summed E-state index contributed by atoms with van der Waals surface area (Å²) in [6.07, 6.45) is 15.9. The first-order valence-corrected chi connectivity index (χ1v) is 16.6. The van der Waals surface area contributed by atoms with Gasteiger partial charge in [-0.1, -0.05) is 66.7 Å². The Morgan fingerprint density at radius 1 is 0.556 bits per heavy atom. The molecular weight excluding hydrogens is 567 g/mol. The zero-order valence-corrected chi connectivity index (χ0v) is 25.5. The van der Waals surface area contributed by atoms with E-state index in [2.05, 4.69) is 131 Å². The van der Waals surface area contributed by atoms with Gasteiger partial charge in [-0.15, -0.1) is 11.3 Å². The van der Waals surface area contributed by atoms with E-state index in [0.717, 1.165) is 36.2 Å². The van der Waals surface area contributed by atoms with Crippen molar-refractivity contribution in [2.75, 3.05) is 0 Å². The molecule has 4 heteroatoms. The summed E-state index contributed by atoms with van der Waals surface area (Å²) in [5, 5.41) is 4.99. The molecule has 4 aromatic heterocycles. The predicted octanol–water partition coefficient (Wildman–Crippen LogP) is 10.9. The first-order valence-electron chi connectivity index (χ1n) is 15.8. The van der Waals surface area contributed by atoms with Gasteiger partial charge in [-0.2, -0.15) is 0 Å². The van der Waals surface area contributed by atoms with Crippen LogP contribution in [0.15, 0.2) is 115 Å². The van der Waals surface area contributed by atoms with Gasteiger partial charge in [0.15, 0.2) is 0 Å². The Labute approximate surface area is 265 Å². The molecule has 0 atom stereocenters. The van der Waals surface area contributed by atoms with Crippen molar-refractivity contribution in [2.24, 2.45) is 0 Å². The van der Waals surface area contributed by atoms with Crippen LogP contribution >= 0.6 is 11.3 Å². The monoisotopic (exact) mass is 595 g/mol. The Balaban J connectivity index is 1.19. The van der Waals surface area contributed by atoms with Crippen LogP contribution in [0.1, 0.15) is 35.4 Å². The van der Waals surface area contributed by atoms with E-state index in [4.69, 9.17) is 4.98 Å². The molecular formula is C41H29N3S. The number of fused-ring (bicyclic) bond motifs is 9. The molecule has 0 bridgehead atoms. The third kappa shape index (κ3) is 3.73. The minimum atomic E-state index is 1.07. The summed E-state index contributed by atoms with van der Waals surface area (Å²) in [6.45, 7) is 0. The van der Waals surface area contributed by atoms with Gasteiger partial charge in [0.25, 0.3) is 0 Å². The first-order chi connectivity index (χ1) is 22.3. The van der Waals surface area contributed by atoms with Crippen molar-refractivity contribution in [1.82, 2.24) is 14.1 Å². The SMILES string of the molecule is C1=Cc2c(c3c(n2-c2ccc4c(c2)c2ccccc2n4-c2cnc4sc5ccc(-c6ccccc6)cc5c4c2)C=CCC3)CC1. The number of hydrogen-bond donors (Lipinski definition) is 0. The van der Waals surface area contributed by atoms with E-state index < -0.39 is 0 Å². The predicted molar refractivity (Wildman–Crippen MR) is 191 cm³/mol. The van der Waals surface area contributed by atoms with Crippen LogP contribution in [0.2, 0.25) is 0 Å². The molecule has 0 saturated carbocycles. The molecule has 4 aromatic carbocycles. The zero-order valence-electron chi connectivity index (χ0n) is 24.7. The van der Waals surface area contributed by atoms with Gasteiger partial charge in [0.05, 0.1) is 22.9 Å². The summed E-state index contributed by atoms with van der Waals surface area (Å²) < 4.78 is 6.16. The Kier molecular flexibility index (Phi) is 5.40. The lowest BCUT2D eigenvalue weighted by Gasteiger charge is -2.14. The molecule has 0 saturated heterocycles. The molecule has 0 unspecified atom stereocenters. The lowest BCUT2D eigenvalue weighted by molar-refractivity contribution is 0.922. The van der Waals surface area contributed by atoms with Gasteiger partial charge in [0, 0.05) is 43.3 Å². The molecule has 2 aliphatic rings. The molecule has 0 fully saturated rings. The fourth-order valence-corrected chi connectivity index (χ4v) is 8.71. The van der Waals surface area contributed by atoms with E-state index in [1.165, 1.54) is 76.6 Å². The Bertz CT molecular complexity index is 2500. The van der Waals surface area contributed by atoms with Gasteiger partial charge >= 0.3 is 0 Å². The molecule has 0 N–H and O–H groups in total. The second-order valence-electron chi connectivity index (χ2n) is 12.2. The molecule has 2 aliphatic carbocycles. The first kappa shape index (κ1) is 25.2. The fraction of sp³-hybridized carbons (Fsp3) is 0.0976. The van der Waals surface area contributed by atoms with E-state index in [9.17, 15) is 0 Å². The molecule has 3 nitrogen and oxygen atoms in total. The molecule has 0 radical (unpaired) electrons. The van der Waals surface area contributed by atoms with Gasteiger partial charge in [-0.05, 0) is 103 Å². The number of para-hydroxylation sites is 1. The van der Waals surface area contributed by atoms with Crippen molar-refractivity contribution in [2.45, 2.75) is 25.7 Å². The maximum absolute atomic E-state index is 5.02. The maximum atomic E-state index is 5.02. The minimum Gasteiger partial charge on any atom is -0.310 e. The van der Waals surface area contributed by atoms with E-state index in [1.54, 1.807) is 11.3 Å². The summed E-state index contributed by atoms with van der Waals surface area (Å²) in [4.78, 5) is 6.10. The van der Waals surface area contributed by atoms with Crippen LogP contribution in [0, 0.1) is 0 Å². The molecule has 8 aromatic rings. The summed E-state index contributed by atoms with van der Waals surface area (Å²) in [5.74, 6) is 0. The third-order valence-electron chi connectivity index (χ3n) is 9.73. The largest absolute Gasteiger partial charge is 0.310 e. The zero-order chi connectivity index (χ0) is 29.5. The average molecular weight is 596 g/mol. The Morgan fingerprint density at radius 3 is 2.11 bits per heavy atom. The van der Waals surface area contributed by atoms with Crippen LogP contribution < -0.4 is 0 Å². The number of thiophene rings is 1. The molecule has 4 heterocycles. The van der Waals surface area contributed by atoms with Crippen molar-refractivity contribution in [1.29, 1.82) is 0 Å². The highest BCUT2D eigenvalue weighted by Crippen LogP contribution is 2.40. The highest BCUT2D eigenvalue weighted by Gasteiger charge is 2.24. The molecule has 0 aliphatic heterocycles. The van der Waals surface area contributed by atoms with Gasteiger partial charge in [-0.3, -0.25) is 0 Å². The summed E-state index contributed by atoms with van der Waals surface area (Å²) in [7, 11) is 0. The minimum absolute atomic E-state index is 1.07. The van der Waals surface area contributed by atoms with Gasteiger partial charge in [-0.25, -0.2) is 4.98 Å². The van der Waals surface area contributed by atoms with E-state index in [0.29, 0.717) is 0 Å². The highest BCUT2D eigenvalue weighted by atomic mass is 32.1. The van der Waals surface area contributed by atoms with Crippen LogP contribution in [0.25, 0.3) is 76.8 Å². The number of nitrogens with zero attached hydrogens (tertiary/aromatic N) is 3. The van der Waals surface area contributed by atoms with Crippen molar-refractivity contribution >= 4 is 65.6 Å². The second kappa shape index (κ2) is 9.65. The number of rotatable bonds is 3. The normalized spacial score (nSPS) is 14.1. The molecule has 10 rings (SSSR count). The molecule has 45 heavy (non-hydrogen) atoms. The Morgan fingerprint density at radius 2 is 1.29 bits per heavy atom. The van der Waals surface area contributed by atoms with Crippen molar-refractivity contribution in [3.8, 4) is 22.5 Å². The molecule has 0 amide bonds. The number of hydrogen-bond acceptors (Lipinski definition) is 2. The van der Waals surface area contributed by atoms with Gasteiger partial charge in [0.1, 0.15) is 4.83 Å². The van der Waals surface area contributed by atoms with Gasteiger partial charge in [0.2, 0.25) is 0 Å². The standard InChI is InChI=1S/C41H29N3S/c1-2-10-26(11-3-1)27-18-21-40-34(22-27)35-24-29(25-42-41(35)45-40)44-38-17-9-6-14-32(38)33-23-28(19-20-39(33)44)43-36-15-7-4-12-30(36)31-13-5-8-16-37(31)43/h1-3,6-11,14-25H,4-5,12-13H2. The molecule has 0 spiro atoms. The topological polar surface area (TPSA) is 22.8 Å². The van der Waals surface area contributed by atoms with Crippen LogP contribution in [0.5, 0.6) is 0 Å². The third-order valence-corrected chi connectivity index (χ3v) is 10.8. The summed E-state index contributed by atoms with van der Waals surface area (Å²) in [6, 6.07) is 35.6. The summed E-state index contributed by atoms with van der Waals surface area (Å²) >= 11 is 1.77. The smallest absolute Gasteiger partial charge is 0.124 e. The molecule has 214 valence electrons. The Hall–Kier alpha value is -5.19. The lowest BCUT2D eigenvalue weighted by Crippen LogP contribution is -2.02. The highest BCUT2D eigenvalue weighted by molar-refractivity contribution is 7.25. The number of benzene rings is 4. The van der Waals surface area contributed by atoms with E-state index in [1.807, 2.05) is 6.20 Å². The number of allylic oxidation sites excluding steroid dienone is 2. The average Bonchev–Trinajstić information content (AvgIpc) is 3.75. The number of pyridine rings is 1. The van der Waals surface area contributed by atoms with E-state index >= 15 is 0 Å². The summed E-state index contributed by atoms with van der Waals surface area (Å²) in [5.41, 5.74) is 13.0. The quantitative estimate of drug-likeness (QED) is 0.199. The maximum Gasteiger partial charge on any atom is 0.124 e. The van der Waals surface area contributed by atoms with Crippen molar-refractivity contribution in [3.05, 3.63) is 138 Å². The van der Waals surface area contributed by atoms with Crippen LogP contribution in [-0.2, 0) is 12.8 Å². The van der Waals surface area contributed by atoms with Crippen molar-refractivity contribution < 1.29 is 0 Å². The second-order valence-corrected chi connectivity index (χ2v) is 13.3. The van der Waals surface area contributed by atoms with Crippen LogP contribution in [0.3, 0.4) is 0 Å². The number of aromatic nitrogens is 3. The van der Waals surface area contributed by atoms with E-state index in [-0.39, 0.29) is 0 Å². The van der Waals surface area contributed by atoms with Gasteiger partial charge < -0.3 is 9.13 Å².